The second-order valence-corrected chi connectivity index (χ2v) is 5.31. The van der Waals surface area contributed by atoms with E-state index in [1.807, 2.05) is 6.92 Å². The van der Waals surface area contributed by atoms with Gasteiger partial charge in [0.2, 0.25) is 0 Å². The summed E-state index contributed by atoms with van der Waals surface area (Å²) in [7, 11) is 0. The van der Waals surface area contributed by atoms with Crippen molar-refractivity contribution in [2.24, 2.45) is 0 Å². The van der Waals surface area contributed by atoms with Gasteiger partial charge in [-0.2, -0.15) is 0 Å². The predicted octanol–water partition coefficient (Wildman–Crippen LogP) is 3.31. The Hall–Kier alpha value is -3.16. The second-order valence-electron chi connectivity index (χ2n) is 5.31. The molecular formula is C19H19F2NO5. The zero-order valence-electron chi connectivity index (χ0n) is 14.7. The third-order valence-corrected chi connectivity index (χ3v) is 3.28. The molecular weight excluding hydrogens is 360 g/mol. The highest BCUT2D eigenvalue weighted by Crippen LogP contribution is 2.26. The Morgan fingerprint density at radius 2 is 1.74 bits per heavy atom. The highest BCUT2D eigenvalue weighted by molar-refractivity contribution is 5.92. The molecule has 0 spiro atoms. The van der Waals surface area contributed by atoms with Gasteiger partial charge >= 0.3 is 5.97 Å². The summed E-state index contributed by atoms with van der Waals surface area (Å²) in [5.41, 5.74) is -0.327. The number of carbonyl (C=O) groups is 2. The first-order chi connectivity index (χ1) is 13.0. The summed E-state index contributed by atoms with van der Waals surface area (Å²) in [5, 5.41) is 2.13. The van der Waals surface area contributed by atoms with Gasteiger partial charge in [0.1, 0.15) is 11.6 Å². The number of anilines is 1. The van der Waals surface area contributed by atoms with E-state index < -0.39 is 30.1 Å². The minimum absolute atomic E-state index is 0.0308. The Morgan fingerprint density at radius 1 is 1.04 bits per heavy atom. The molecule has 1 N–H and O–H groups in total. The van der Waals surface area contributed by atoms with E-state index in [0.717, 1.165) is 18.2 Å². The van der Waals surface area contributed by atoms with Gasteiger partial charge < -0.3 is 19.5 Å². The van der Waals surface area contributed by atoms with Crippen molar-refractivity contribution in [1.82, 2.24) is 0 Å². The largest absolute Gasteiger partial charge is 0.490 e. The van der Waals surface area contributed by atoms with Crippen molar-refractivity contribution in [1.29, 1.82) is 0 Å². The van der Waals surface area contributed by atoms with Gasteiger partial charge in [0.25, 0.3) is 5.91 Å². The molecule has 0 saturated heterocycles. The molecule has 0 radical (unpaired) electrons. The number of benzene rings is 2. The Labute approximate surface area is 155 Å². The third kappa shape index (κ3) is 6.58. The molecule has 0 unspecified atom stereocenters. The van der Waals surface area contributed by atoms with Crippen LogP contribution < -0.4 is 14.8 Å². The van der Waals surface area contributed by atoms with E-state index in [-0.39, 0.29) is 18.7 Å². The quantitative estimate of drug-likeness (QED) is 0.677. The number of ether oxygens (including phenoxy) is 3. The lowest BCUT2D eigenvalue weighted by Crippen LogP contribution is -2.22. The van der Waals surface area contributed by atoms with Gasteiger partial charge in [-0.1, -0.05) is 12.1 Å². The van der Waals surface area contributed by atoms with Gasteiger partial charge in [0, 0.05) is 6.07 Å². The van der Waals surface area contributed by atoms with E-state index in [1.54, 1.807) is 24.3 Å². The molecule has 0 aliphatic carbocycles. The van der Waals surface area contributed by atoms with Gasteiger partial charge in [0.15, 0.2) is 18.1 Å². The van der Waals surface area contributed by atoms with Crippen molar-refractivity contribution in [3.63, 3.8) is 0 Å². The van der Waals surface area contributed by atoms with Crippen LogP contribution in [0, 0.1) is 11.6 Å². The Bertz CT molecular complexity index is 797. The molecule has 0 aromatic heterocycles. The fourth-order valence-electron chi connectivity index (χ4n) is 2.09. The first kappa shape index (κ1) is 20.2. The summed E-state index contributed by atoms with van der Waals surface area (Å²) in [6, 6.07) is 9.66. The number of halogens is 2. The minimum atomic E-state index is -0.794. The molecule has 0 fully saturated rings. The van der Waals surface area contributed by atoms with Crippen LogP contribution in [0.2, 0.25) is 0 Å². The van der Waals surface area contributed by atoms with Gasteiger partial charge in [-0.3, -0.25) is 9.59 Å². The van der Waals surface area contributed by atoms with Crippen molar-refractivity contribution >= 4 is 17.6 Å². The number of amides is 1. The fraction of sp³-hybridized carbons (Fsp3) is 0.263. The molecule has 0 aliphatic heterocycles. The number of esters is 1. The molecule has 0 aliphatic rings. The van der Waals surface area contributed by atoms with Crippen LogP contribution in [-0.4, -0.2) is 31.7 Å². The van der Waals surface area contributed by atoms with Crippen LogP contribution in [0.1, 0.15) is 13.3 Å². The van der Waals surface area contributed by atoms with Crippen LogP contribution in [0.3, 0.4) is 0 Å². The molecule has 2 rings (SSSR count). The summed E-state index contributed by atoms with van der Waals surface area (Å²) in [4.78, 5) is 23.3. The van der Waals surface area contributed by atoms with E-state index in [0.29, 0.717) is 18.1 Å². The number of rotatable bonds is 9. The Morgan fingerprint density at radius 3 is 2.44 bits per heavy atom. The highest BCUT2D eigenvalue weighted by Gasteiger charge is 2.12. The standard InChI is InChI=1S/C19H19F2NO5/c1-2-25-16-5-3-4-6-17(16)26-10-9-19(24)27-12-18(23)22-15-11-13(20)7-8-14(15)21/h3-8,11H,2,9-10,12H2,1H3,(H,22,23). The summed E-state index contributed by atoms with van der Waals surface area (Å²) in [6.07, 6.45) is -0.0952. The van der Waals surface area contributed by atoms with Crippen molar-refractivity contribution in [2.75, 3.05) is 25.1 Å². The Balaban J connectivity index is 1.73. The predicted molar refractivity (Wildman–Crippen MR) is 93.7 cm³/mol. The first-order valence-corrected chi connectivity index (χ1v) is 8.24. The van der Waals surface area contributed by atoms with Crippen LogP contribution >= 0.6 is 0 Å². The molecule has 6 nitrogen and oxygen atoms in total. The zero-order chi connectivity index (χ0) is 19.6. The van der Waals surface area contributed by atoms with Gasteiger partial charge in [0.05, 0.1) is 25.3 Å². The summed E-state index contributed by atoms with van der Waals surface area (Å²) in [5.74, 6) is -1.89. The number of para-hydroxylation sites is 2. The molecule has 2 aromatic rings. The molecule has 0 heterocycles. The number of hydrogen-bond donors (Lipinski definition) is 1. The average molecular weight is 379 g/mol. The van der Waals surface area contributed by atoms with E-state index in [2.05, 4.69) is 5.32 Å². The molecule has 1 amide bonds. The molecule has 8 heteroatoms. The van der Waals surface area contributed by atoms with Crippen LogP contribution in [0.5, 0.6) is 11.5 Å². The van der Waals surface area contributed by atoms with Crippen LogP contribution in [-0.2, 0) is 14.3 Å². The molecule has 27 heavy (non-hydrogen) atoms. The lowest BCUT2D eigenvalue weighted by Gasteiger charge is -2.11. The van der Waals surface area contributed by atoms with Gasteiger partial charge in [-0.15, -0.1) is 0 Å². The van der Waals surface area contributed by atoms with E-state index in [9.17, 15) is 18.4 Å². The van der Waals surface area contributed by atoms with Gasteiger partial charge in [-0.05, 0) is 31.2 Å². The first-order valence-electron chi connectivity index (χ1n) is 8.24. The van der Waals surface area contributed by atoms with Crippen LogP contribution in [0.15, 0.2) is 42.5 Å². The highest BCUT2D eigenvalue weighted by atomic mass is 19.1. The zero-order valence-corrected chi connectivity index (χ0v) is 14.7. The molecule has 2 aromatic carbocycles. The molecule has 144 valence electrons. The lowest BCUT2D eigenvalue weighted by atomic mass is 10.3. The molecule has 0 bridgehead atoms. The summed E-state index contributed by atoms with van der Waals surface area (Å²) >= 11 is 0. The van der Waals surface area contributed by atoms with Crippen molar-refractivity contribution in [3.8, 4) is 11.5 Å². The minimum Gasteiger partial charge on any atom is -0.490 e. The van der Waals surface area contributed by atoms with E-state index in [4.69, 9.17) is 14.2 Å². The SMILES string of the molecule is CCOc1ccccc1OCCC(=O)OCC(=O)Nc1cc(F)ccc1F. The maximum atomic E-state index is 13.4. The smallest absolute Gasteiger partial charge is 0.309 e. The number of hydrogen-bond acceptors (Lipinski definition) is 5. The number of nitrogens with one attached hydrogen (secondary N) is 1. The van der Waals surface area contributed by atoms with E-state index >= 15 is 0 Å². The topological polar surface area (TPSA) is 73.9 Å². The number of carbonyl (C=O) groups excluding carboxylic acids is 2. The Kier molecular flexibility index (Phi) is 7.54. The summed E-state index contributed by atoms with van der Waals surface area (Å²) < 4.78 is 42.1. The van der Waals surface area contributed by atoms with Gasteiger partial charge in [-0.25, -0.2) is 8.78 Å². The fourth-order valence-corrected chi connectivity index (χ4v) is 2.09. The maximum absolute atomic E-state index is 13.4. The normalized spacial score (nSPS) is 10.2. The summed E-state index contributed by atoms with van der Waals surface area (Å²) in [6.45, 7) is 1.73. The van der Waals surface area contributed by atoms with Crippen molar-refractivity contribution < 1.29 is 32.6 Å². The average Bonchev–Trinajstić information content (AvgIpc) is 2.65. The molecule has 0 saturated carbocycles. The lowest BCUT2D eigenvalue weighted by molar-refractivity contribution is -0.147. The monoisotopic (exact) mass is 379 g/mol. The van der Waals surface area contributed by atoms with Crippen LogP contribution in [0.25, 0.3) is 0 Å². The maximum Gasteiger partial charge on any atom is 0.309 e. The van der Waals surface area contributed by atoms with Crippen molar-refractivity contribution in [3.05, 3.63) is 54.1 Å². The third-order valence-electron chi connectivity index (χ3n) is 3.28. The van der Waals surface area contributed by atoms with Crippen molar-refractivity contribution in [2.45, 2.75) is 13.3 Å². The molecule has 0 atom stereocenters. The second kappa shape index (κ2) is 10.1. The van der Waals surface area contributed by atoms with Crippen LogP contribution in [0.4, 0.5) is 14.5 Å². The van der Waals surface area contributed by atoms with E-state index in [1.165, 1.54) is 0 Å².